The first-order valence-corrected chi connectivity index (χ1v) is 6.26. The van der Waals surface area contributed by atoms with Gasteiger partial charge in [0.1, 0.15) is 0 Å². The summed E-state index contributed by atoms with van der Waals surface area (Å²) in [6.45, 7) is 0. The Morgan fingerprint density at radius 1 is 1.33 bits per heavy atom. The van der Waals surface area contributed by atoms with E-state index in [9.17, 15) is 9.59 Å². The predicted molar refractivity (Wildman–Crippen MR) is 62.5 cm³/mol. The number of rotatable bonds is 6. The van der Waals surface area contributed by atoms with Gasteiger partial charge in [-0.05, 0) is 40.2 Å². The maximum absolute atomic E-state index is 11.6. The van der Waals surface area contributed by atoms with Gasteiger partial charge in [0.15, 0.2) is 5.78 Å². The monoisotopic (exact) mass is 290 g/mol. The van der Waals surface area contributed by atoms with Crippen molar-refractivity contribution in [2.75, 3.05) is 0 Å². The highest BCUT2D eigenvalue weighted by Gasteiger charge is 2.11. The number of carboxylic acids is 1. The molecular weight excluding hydrogens is 280 g/mol. The van der Waals surface area contributed by atoms with Gasteiger partial charge in [0.05, 0.1) is 4.88 Å². The number of aliphatic carboxylic acids is 1. The first kappa shape index (κ1) is 12.4. The van der Waals surface area contributed by atoms with E-state index in [1.165, 1.54) is 11.3 Å². The molecule has 0 aliphatic rings. The fourth-order valence-corrected chi connectivity index (χ4v) is 2.73. The maximum atomic E-state index is 11.6. The average molecular weight is 291 g/mol. The second-order valence-electron chi connectivity index (χ2n) is 3.12. The summed E-state index contributed by atoms with van der Waals surface area (Å²) in [7, 11) is 0. The molecule has 0 aliphatic heterocycles. The van der Waals surface area contributed by atoms with Crippen molar-refractivity contribution in [3.63, 3.8) is 0 Å². The van der Waals surface area contributed by atoms with Crippen LogP contribution in [0.5, 0.6) is 0 Å². The van der Waals surface area contributed by atoms with Crippen LogP contribution in [0.3, 0.4) is 0 Å². The molecule has 5 heteroatoms. The van der Waals surface area contributed by atoms with Crippen LogP contribution in [0.15, 0.2) is 15.9 Å². The second kappa shape index (κ2) is 6.02. The smallest absolute Gasteiger partial charge is 0.303 e. The minimum atomic E-state index is -0.806. The quantitative estimate of drug-likeness (QED) is 0.646. The largest absolute Gasteiger partial charge is 0.481 e. The van der Waals surface area contributed by atoms with E-state index in [2.05, 4.69) is 15.9 Å². The molecule has 0 amide bonds. The lowest BCUT2D eigenvalue weighted by atomic mass is 10.1. The SMILES string of the molecule is O=C(O)CCCCC(=O)c1sccc1Br. The fraction of sp³-hybridized carbons (Fsp3) is 0.400. The lowest BCUT2D eigenvalue weighted by Crippen LogP contribution is -1.99. The summed E-state index contributed by atoms with van der Waals surface area (Å²) >= 11 is 4.70. The highest BCUT2D eigenvalue weighted by Crippen LogP contribution is 2.24. The molecule has 1 aromatic rings. The number of carbonyl (C=O) groups excluding carboxylic acids is 1. The van der Waals surface area contributed by atoms with Crippen LogP contribution in [-0.4, -0.2) is 16.9 Å². The van der Waals surface area contributed by atoms with Gasteiger partial charge in [0, 0.05) is 17.3 Å². The predicted octanol–water partition coefficient (Wildman–Crippen LogP) is 3.34. The van der Waals surface area contributed by atoms with Gasteiger partial charge in [-0.15, -0.1) is 11.3 Å². The van der Waals surface area contributed by atoms with Gasteiger partial charge in [0.2, 0.25) is 0 Å². The van der Waals surface area contributed by atoms with Gasteiger partial charge in [-0.3, -0.25) is 9.59 Å². The molecule has 0 radical (unpaired) electrons. The van der Waals surface area contributed by atoms with E-state index < -0.39 is 5.97 Å². The summed E-state index contributed by atoms with van der Waals surface area (Å²) in [5.41, 5.74) is 0. The third-order valence-corrected chi connectivity index (χ3v) is 3.79. The van der Waals surface area contributed by atoms with Crippen molar-refractivity contribution >= 4 is 39.0 Å². The fourth-order valence-electron chi connectivity index (χ4n) is 1.17. The molecule has 15 heavy (non-hydrogen) atoms. The zero-order chi connectivity index (χ0) is 11.3. The molecule has 0 unspecified atom stereocenters. The van der Waals surface area contributed by atoms with E-state index >= 15 is 0 Å². The number of carboxylic acid groups (broad SMARTS) is 1. The normalized spacial score (nSPS) is 10.2. The van der Waals surface area contributed by atoms with Gasteiger partial charge in [-0.25, -0.2) is 0 Å². The molecule has 0 spiro atoms. The van der Waals surface area contributed by atoms with Crippen molar-refractivity contribution < 1.29 is 14.7 Å². The first-order valence-electron chi connectivity index (χ1n) is 4.59. The molecule has 0 fully saturated rings. The Balaban J connectivity index is 2.31. The Morgan fingerprint density at radius 3 is 2.53 bits per heavy atom. The molecule has 0 saturated heterocycles. The van der Waals surface area contributed by atoms with Gasteiger partial charge < -0.3 is 5.11 Å². The lowest BCUT2D eigenvalue weighted by Gasteiger charge is -1.98. The summed E-state index contributed by atoms with van der Waals surface area (Å²) in [4.78, 5) is 22.6. The van der Waals surface area contributed by atoms with Crippen LogP contribution in [0.25, 0.3) is 0 Å². The summed E-state index contributed by atoms with van der Waals surface area (Å²) in [6.07, 6.45) is 1.75. The Morgan fingerprint density at radius 2 is 2.00 bits per heavy atom. The molecule has 1 heterocycles. The molecule has 1 N–H and O–H groups in total. The molecule has 0 saturated carbocycles. The Hall–Kier alpha value is -0.680. The lowest BCUT2D eigenvalue weighted by molar-refractivity contribution is -0.137. The van der Waals surface area contributed by atoms with Crippen LogP contribution in [0, 0.1) is 0 Å². The number of hydrogen-bond donors (Lipinski definition) is 1. The average Bonchev–Trinajstić information content (AvgIpc) is 2.58. The number of ketones is 1. The molecule has 0 bridgehead atoms. The number of halogens is 1. The van der Waals surface area contributed by atoms with E-state index in [1.807, 2.05) is 11.4 Å². The van der Waals surface area contributed by atoms with Gasteiger partial charge in [-0.1, -0.05) is 0 Å². The van der Waals surface area contributed by atoms with E-state index in [0.29, 0.717) is 19.3 Å². The minimum Gasteiger partial charge on any atom is -0.481 e. The zero-order valence-corrected chi connectivity index (χ0v) is 10.4. The first-order chi connectivity index (χ1) is 7.11. The maximum Gasteiger partial charge on any atom is 0.303 e. The molecule has 1 aromatic heterocycles. The summed E-state index contributed by atoms with van der Waals surface area (Å²) in [5, 5.41) is 10.3. The Kier molecular flexibility index (Phi) is 4.98. The van der Waals surface area contributed by atoms with Gasteiger partial charge in [0.25, 0.3) is 0 Å². The molecule has 0 aliphatic carbocycles. The van der Waals surface area contributed by atoms with Crippen molar-refractivity contribution in [3.05, 3.63) is 20.8 Å². The zero-order valence-electron chi connectivity index (χ0n) is 8.03. The summed E-state index contributed by atoms with van der Waals surface area (Å²) in [6, 6.07) is 1.84. The Bertz CT molecular complexity index is 359. The summed E-state index contributed by atoms with van der Waals surface area (Å²) in [5.74, 6) is -0.720. The van der Waals surface area contributed by atoms with E-state index in [4.69, 9.17) is 5.11 Å². The van der Waals surface area contributed by atoms with Crippen LogP contribution in [0.2, 0.25) is 0 Å². The molecule has 0 aromatic carbocycles. The van der Waals surface area contributed by atoms with E-state index in [1.54, 1.807) is 0 Å². The highest BCUT2D eigenvalue weighted by atomic mass is 79.9. The van der Waals surface area contributed by atoms with Crippen LogP contribution in [-0.2, 0) is 4.79 Å². The Labute approximate surface area is 100 Å². The van der Waals surface area contributed by atoms with Crippen molar-refractivity contribution in [1.82, 2.24) is 0 Å². The molecule has 0 atom stereocenters. The van der Waals surface area contributed by atoms with E-state index in [0.717, 1.165) is 9.35 Å². The number of carbonyl (C=O) groups is 2. The van der Waals surface area contributed by atoms with Gasteiger partial charge >= 0.3 is 5.97 Å². The van der Waals surface area contributed by atoms with Gasteiger partial charge in [-0.2, -0.15) is 0 Å². The highest BCUT2D eigenvalue weighted by molar-refractivity contribution is 9.10. The number of hydrogen-bond acceptors (Lipinski definition) is 3. The van der Waals surface area contributed by atoms with Crippen molar-refractivity contribution in [1.29, 1.82) is 0 Å². The topological polar surface area (TPSA) is 54.4 Å². The molecule has 1 rings (SSSR count). The third kappa shape index (κ3) is 4.13. The van der Waals surface area contributed by atoms with Crippen LogP contribution in [0.1, 0.15) is 35.4 Å². The van der Waals surface area contributed by atoms with Crippen molar-refractivity contribution in [2.24, 2.45) is 0 Å². The molecule has 82 valence electrons. The van der Waals surface area contributed by atoms with E-state index in [-0.39, 0.29) is 12.2 Å². The van der Waals surface area contributed by atoms with Crippen molar-refractivity contribution in [3.8, 4) is 0 Å². The minimum absolute atomic E-state index is 0.0854. The number of unbranched alkanes of at least 4 members (excludes halogenated alkanes) is 1. The molecule has 3 nitrogen and oxygen atoms in total. The van der Waals surface area contributed by atoms with Crippen molar-refractivity contribution in [2.45, 2.75) is 25.7 Å². The summed E-state index contributed by atoms with van der Waals surface area (Å²) < 4.78 is 0.829. The standard InChI is InChI=1S/C10H11BrO3S/c11-7-5-6-15-10(7)8(12)3-1-2-4-9(13)14/h5-6H,1-4H2,(H,13,14). The third-order valence-electron chi connectivity index (χ3n) is 1.91. The number of Topliss-reactive ketones (excluding diaryl/α,β-unsaturated/α-hetero) is 1. The second-order valence-corrected chi connectivity index (χ2v) is 4.89. The number of thiophene rings is 1. The molecular formula is C10H11BrO3S. The van der Waals surface area contributed by atoms with Crippen LogP contribution < -0.4 is 0 Å². The van der Waals surface area contributed by atoms with Crippen LogP contribution >= 0.6 is 27.3 Å². The van der Waals surface area contributed by atoms with Crippen LogP contribution in [0.4, 0.5) is 0 Å².